The van der Waals surface area contributed by atoms with Crippen molar-refractivity contribution in [1.29, 1.82) is 0 Å². The predicted molar refractivity (Wildman–Crippen MR) is 91.5 cm³/mol. The van der Waals surface area contributed by atoms with Crippen LogP contribution in [-0.4, -0.2) is 12.1 Å². The first-order chi connectivity index (χ1) is 10.5. The van der Waals surface area contributed by atoms with Crippen LogP contribution in [0.15, 0.2) is 58.7 Å². The number of hydrogen-bond donors (Lipinski definition) is 0. The molecule has 0 N–H and O–H groups in total. The third-order valence-electron chi connectivity index (χ3n) is 4.24. The molecule has 0 spiro atoms. The van der Waals surface area contributed by atoms with Crippen LogP contribution in [-0.2, 0) is 9.53 Å². The zero-order chi connectivity index (χ0) is 16.1. The average Bonchev–Trinajstić information content (AvgIpc) is 2.77. The van der Waals surface area contributed by atoms with Crippen LogP contribution in [0.3, 0.4) is 0 Å². The lowest BCUT2D eigenvalue weighted by Crippen LogP contribution is -2.08. The number of rotatable bonds is 1. The van der Waals surface area contributed by atoms with E-state index in [4.69, 9.17) is 4.74 Å². The molecule has 0 aromatic heterocycles. The summed E-state index contributed by atoms with van der Waals surface area (Å²) in [5.74, 6) is -0.152. The molecule has 0 radical (unpaired) electrons. The zero-order valence-electron chi connectivity index (χ0n) is 13.9. The Labute approximate surface area is 133 Å². The predicted octanol–water partition coefficient (Wildman–Crippen LogP) is 5.20. The summed E-state index contributed by atoms with van der Waals surface area (Å²) in [6.45, 7) is 10.4. The average molecular weight is 298 g/mol. The van der Waals surface area contributed by atoms with Crippen LogP contribution in [0.2, 0.25) is 0 Å². The topological polar surface area (TPSA) is 26.3 Å². The van der Waals surface area contributed by atoms with Crippen LogP contribution >= 0.6 is 0 Å². The Morgan fingerprint density at radius 2 is 1.95 bits per heavy atom. The van der Waals surface area contributed by atoms with Crippen molar-refractivity contribution in [3.63, 3.8) is 0 Å². The Morgan fingerprint density at radius 1 is 1.18 bits per heavy atom. The van der Waals surface area contributed by atoms with Crippen molar-refractivity contribution in [2.75, 3.05) is 0 Å². The van der Waals surface area contributed by atoms with Crippen molar-refractivity contribution in [3.8, 4) is 0 Å². The summed E-state index contributed by atoms with van der Waals surface area (Å²) < 4.78 is 5.46. The van der Waals surface area contributed by atoms with E-state index in [-0.39, 0.29) is 12.1 Å². The van der Waals surface area contributed by atoms with Gasteiger partial charge in [0.05, 0.1) is 0 Å². The van der Waals surface area contributed by atoms with E-state index in [1.165, 1.54) is 16.7 Å². The van der Waals surface area contributed by atoms with Gasteiger partial charge in [-0.1, -0.05) is 41.5 Å². The summed E-state index contributed by atoms with van der Waals surface area (Å²) in [6.07, 6.45) is 13.0. The molecule has 0 saturated heterocycles. The molecular formula is C20H26O2. The smallest absolute Gasteiger partial charge is 0.334 e. The number of hydrogen-bond acceptors (Lipinski definition) is 2. The molecule has 0 aromatic carbocycles. The molecule has 0 fully saturated rings. The Balaban J connectivity index is 2.25. The van der Waals surface area contributed by atoms with Gasteiger partial charge in [-0.3, -0.25) is 0 Å². The summed E-state index contributed by atoms with van der Waals surface area (Å²) in [4.78, 5) is 12.0. The summed E-state index contributed by atoms with van der Waals surface area (Å²) in [5, 5.41) is 0. The third-order valence-corrected chi connectivity index (χ3v) is 4.24. The van der Waals surface area contributed by atoms with Crippen LogP contribution in [0, 0.1) is 0 Å². The summed E-state index contributed by atoms with van der Waals surface area (Å²) in [6, 6.07) is 0. The van der Waals surface area contributed by atoms with Gasteiger partial charge in [0.1, 0.15) is 6.10 Å². The highest BCUT2D eigenvalue weighted by Crippen LogP contribution is 2.26. The SMILES string of the molecule is C=C(C)/C1=C\C=C(\C)CC/C=C(\C)CC2C=C(CC1)C(=O)O2. The molecule has 1 aliphatic carbocycles. The van der Waals surface area contributed by atoms with Crippen LogP contribution < -0.4 is 0 Å². The Morgan fingerprint density at radius 3 is 2.68 bits per heavy atom. The number of ether oxygens (including phenoxy) is 1. The van der Waals surface area contributed by atoms with E-state index in [1.54, 1.807) is 0 Å². The maximum atomic E-state index is 12.0. The highest BCUT2D eigenvalue weighted by Gasteiger charge is 2.25. The first-order valence-corrected chi connectivity index (χ1v) is 8.05. The van der Waals surface area contributed by atoms with Crippen LogP contribution in [0.4, 0.5) is 0 Å². The minimum absolute atomic E-state index is 0.0874. The lowest BCUT2D eigenvalue weighted by atomic mass is 9.97. The van der Waals surface area contributed by atoms with Gasteiger partial charge in [0.15, 0.2) is 0 Å². The van der Waals surface area contributed by atoms with E-state index in [0.717, 1.165) is 43.3 Å². The van der Waals surface area contributed by atoms with Crippen molar-refractivity contribution in [2.45, 2.75) is 59.0 Å². The molecule has 22 heavy (non-hydrogen) atoms. The second kappa shape index (κ2) is 7.44. The van der Waals surface area contributed by atoms with E-state index in [1.807, 2.05) is 13.0 Å². The van der Waals surface area contributed by atoms with Crippen LogP contribution in [0.1, 0.15) is 52.9 Å². The maximum Gasteiger partial charge on any atom is 0.334 e. The van der Waals surface area contributed by atoms with Gasteiger partial charge in [-0.25, -0.2) is 4.79 Å². The molecule has 2 nitrogen and oxygen atoms in total. The molecule has 0 amide bonds. The maximum absolute atomic E-state index is 12.0. The standard InChI is InChI=1S/C20H26O2/c1-14(2)17-9-8-15(3)6-5-7-16(4)12-19-13-18(11-10-17)20(21)22-19/h7-9,13,19H,1,5-6,10-12H2,2-4H3/b15-8-,16-7+,17-9-. The van der Waals surface area contributed by atoms with Crippen molar-refractivity contribution in [2.24, 2.45) is 0 Å². The number of allylic oxidation sites excluding steroid dienone is 6. The molecule has 1 atom stereocenters. The Kier molecular flexibility index (Phi) is 5.59. The zero-order valence-corrected chi connectivity index (χ0v) is 13.9. The van der Waals surface area contributed by atoms with Gasteiger partial charge in [-0.15, -0.1) is 0 Å². The second-order valence-corrected chi connectivity index (χ2v) is 6.41. The van der Waals surface area contributed by atoms with E-state index in [9.17, 15) is 4.79 Å². The number of esters is 1. The molecular weight excluding hydrogens is 272 g/mol. The molecule has 2 aliphatic rings. The van der Waals surface area contributed by atoms with Gasteiger partial charge in [-0.2, -0.15) is 0 Å². The molecule has 1 heterocycles. The largest absolute Gasteiger partial charge is 0.454 e. The lowest BCUT2D eigenvalue weighted by molar-refractivity contribution is -0.139. The minimum atomic E-state index is -0.152. The van der Waals surface area contributed by atoms with E-state index in [2.05, 4.69) is 38.7 Å². The summed E-state index contributed by atoms with van der Waals surface area (Å²) in [7, 11) is 0. The second-order valence-electron chi connectivity index (χ2n) is 6.41. The van der Waals surface area contributed by atoms with Crippen molar-refractivity contribution in [3.05, 3.63) is 58.7 Å². The van der Waals surface area contributed by atoms with Crippen LogP contribution in [0.5, 0.6) is 0 Å². The molecule has 118 valence electrons. The van der Waals surface area contributed by atoms with Crippen molar-refractivity contribution < 1.29 is 9.53 Å². The highest BCUT2D eigenvalue weighted by molar-refractivity contribution is 5.91. The fourth-order valence-corrected chi connectivity index (χ4v) is 2.81. The monoisotopic (exact) mass is 298 g/mol. The summed E-state index contributed by atoms with van der Waals surface area (Å²) >= 11 is 0. The van der Waals surface area contributed by atoms with E-state index >= 15 is 0 Å². The van der Waals surface area contributed by atoms with Crippen molar-refractivity contribution >= 4 is 5.97 Å². The van der Waals surface area contributed by atoms with Gasteiger partial charge in [0, 0.05) is 12.0 Å². The first kappa shape index (κ1) is 16.5. The Bertz CT molecular complexity index is 585. The minimum Gasteiger partial charge on any atom is -0.454 e. The Hall–Kier alpha value is -1.83. The van der Waals surface area contributed by atoms with Gasteiger partial charge < -0.3 is 4.74 Å². The van der Waals surface area contributed by atoms with Gasteiger partial charge >= 0.3 is 5.97 Å². The van der Waals surface area contributed by atoms with Gasteiger partial charge in [0.2, 0.25) is 0 Å². The van der Waals surface area contributed by atoms with E-state index < -0.39 is 0 Å². The van der Waals surface area contributed by atoms with E-state index in [0.29, 0.717) is 0 Å². The van der Waals surface area contributed by atoms with Gasteiger partial charge in [-0.05, 0) is 58.1 Å². The third kappa shape index (κ3) is 4.59. The molecule has 1 aliphatic heterocycles. The molecule has 2 heteroatoms. The number of fused-ring (bicyclic) bond motifs is 1. The van der Waals surface area contributed by atoms with Crippen LogP contribution in [0.25, 0.3) is 0 Å². The fourth-order valence-electron chi connectivity index (χ4n) is 2.81. The molecule has 2 bridgehead atoms. The molecule has 2 rings (SSSR count). The summed E-state index contributed by atoms with van der Waals surface area (Å²) in [5.41, 5.74) is 5.74. The number of carbonyl (C=O) groups excluding carboxylic acids is 1. The molecule has 0 saturated carbocycles. The van der Waals surface area contributed by atoms with Gasteiger partial charge in [0.25, 0.3) is 0 Å². The van der Waals surface area contributed by atoms with Crippen molar-refractivity contribution in [1.82, 2.24) is 0 Å². The normalized spacial score (nSPS) is 30.7. The quantitative estimate of drug-likeness (QED) is 0.491. The molecule has 0 aromatic rings. The highest BCUT2D eigenvalue weighted by atomic mass is 16.5. The molecule has 1 unspecified atom stereocenters. The first-order valence-electron chi connectivity index (χ1n) is 8.05. The number of carbonyl (C=O) groups is 1. The fraction of sp³-hybridized carbons (Fsp3) is 0.450. The lowest BCUT2D eigenvalue weighted by Gasteiger charge is -2.08.